The molecule has 1 aliphatic heterocycles. The minimum Gasteiger partial charge on any atom is -0.481 e. The molecular formula is C16H19N3O4S. The van der Waals surface area contributed by atoms with Crippen molar-refractivity contribution in [3.63, 3.8) is 0 Å². The van der Waals surface area contributed by atoms with Crippen LogP contribution in [0.15, 0.2) is 34.5 Å². The predicted molar refractivity (Wildman–Crippen MR) is 93.2 cm³/mol. The van der Waals surface area contributed by atoms with E-state index in [4.69, 9.17) is 9.84 Å². The lowest BCUT2D eigenvalue weighted by Gasteiger charge is -2.05. The highest BCUT2D eigenvalue weighted by Crippen LogP contribution is 2.22. The summed E-state index contributed by atoms with van der Waals surface area (Å²) in [6, 6.07) is 7.69. The molecule has 1 amide bonds. The largest absolute Gasteiger partial charge is 0.481 e. The van der Waals surface area contributed by atoms with E-state index in [0.29, 0.717) is 18.4 Å². The molecule has 2 rings (SSSR count). The Morgan fingerprint density at radius 3 is 3.00 bits per heavy atom. The van der Waals surface area contributed by atoms with Gasteiger partial charge < -0.3 is 15.2 Å². The van der Waals surface area contributed by atoms with Gasteiger partial charge >= 0.3 is 5.97 Å². The Balaban J connectivity index is 1.99. The van der Waals surface area contributed by atoms with Gasteiger partial charge in [-0.2, -0.15) is 5.10 Å². The van der Waals surface area contributed by atoms with Crippen molar-refractivity contribution >= 4 is 35.0 Å². The van der Waals surface area contributed by atoms with Crippen LogP contribution in [0.1, 0.15) is 30.9 Å². The first kappa shape index (κ1) is 18.2. The number of carbonyl (C=O) groups is 2. The molecule has 24 heavy (non-hydrogen) atoms. The van der Waals surface area contributed by atoms with E-state index in [0.717, 1.165) is 29.3 Å². The van der Waals surface area contributed by atoms with Crippen molar-refractivity contribution in [2.45, 2.75) is 31.6 Å². The van der Waals surface area contributed by atoms with E-state index in [1.165, 1.54) is 0 Å². The lowest BCUT2D eigenvalue weighted by molar-refractivity contribution is -0.138. The minimum atomic E-state index is -1.02. The molecular weight excluding hydrogens is 330 g/mol. The third kappa shape index (κ3) is 5.47. The molecule has 0 radical (unpaired) electrons. The summed E-state index contributed by atoms with van der Waals surface area (Å²) in [5.74, 6) is -1.38. The van der Waals surface area contributed by atoms with Crippen LogP contribution in [0.3, 0.4) is 0 Å². The maximum Gasteiger partial charge on any atom is 0.305 e. The SMILES string of the molecule is CCCOCc1ccccc1C=NN=C1NC(=O)C(CC(=O)O)S1. The van der Waals surface area contributed by atoms with Crippen molar-refractivity contribution in [2.75, 3.05) is 6.61 Å². The molecule has 1 saturated heterocycles. The number of aliphatic carboxylic acids is 1. The number of rotatable bonds is 8. The Morgan fingerprint density at radius 2 is 2.25 bits per heavy atom. The number of nitrogens with one attached hydrogen (secondary N) is 1. The van der Waals surface area contributed by atoms with Gasteiger partial charge in [-0.25, -0.2) is 0 Å². The van der Waals surface area contributed by atoms with Gasteiger partial charge in [-0.3, -0.25) is 9.59 Å². The average molecular weight is 349 g/mol. The normalized spacial score (nSPS) is 19.1. The third-order valence-electron chi connectivity index (χ3n) is 3.14. The zero-order valence-corrected chi connectivity index (χ0v) is 14.1. The van der Waals surface area contributed by atoms with E-state index >= 15 is 0 Å². The third-order valence-corrected chi connectivity index (χ3v) is 4.22. The number of carbonyl (C=O) groups excluding carboxylic acids is 1. The van der Waals surface area contributed by atoms with Gasteiger partial charge in [-0.15, -0.1) is 5.10 Å². The van der Waals surface area contributed by atoms with Gasteiger partial charge in [0.2, 0.25) is 5.91 Å². The van der Waals surface area contributed by atoms with Gasteiger partial charge in [0.1, 0.15) is 5.25 Å². The van der Waals surface area contributed by atoms with E-state index in [9.17, 15) is 9.59 Å². The van der Waals surface area contributed by atoms with E-state index in [1.807, 2.05) is 24.3 Å². The molecule has 0 bridgehead atoms. The van der Waals surface area contributed by atoms with Crippen molar-refractivity contribution < 1.29 is 19.4 Å². The standard InChI is InChI=1S/C16H19N3O4S/c1-2-7-23-10-12-6-4-3-5-11(12)9-17-19-16-18-15(22)13(24-16)8-14(20)21/h3-6,9,13H,2,7-8,10H2,1H3,(H,20,21)(H,18,19,22). The van der Waals surface area contributed by atoms with Crippen LogP contribution in [-0.4, -0.2) is 40.2 Å². The van der Waals surface area contributed by atoms with E-state index in [-0.39, 0.29) is 12.3 Å². The molecule has 8 heteroatoms. The Bertz CT molecular complexity index is 660. The summed E-state index contributed by atoms with van der Waals surface area (Å²) >= 11 is 1.07. The summed E-state index contributed by atoms with van der Waals surface area (Å²) in [6.07, 6.45) is 2.31. The zero-order valence-electron chi connectivity index (χ0n) is 13.3. The molecule has 0 aliphatic carbocycles. The molecule has 1 heterocycles. The summed E-state index contributed by atoms with van der Waals surface area (Å²) in [6.45, 7) is 3.24. The second-order valence-corrected chi connectivity index (χ2v) is 6.29. The van der Waals surface area contributed by atoms with Crippen LogP contribution in [0.4, 0.5) is 0 Å². The van der Waals surface area contributed by atoms with Crippen molar-refractivity contribution in [3.05, 3.63) is 35.4 Å². The zero-order chi connectivity index (χ0) is 17.4. The van der Waals surface area contributed by atoms with Gasteiger partial charge in [0.15, 0.2) is 5.17 Å². The minimum absolute atomic E-state index is 0.239. The van der Waals surface area contributed by atoms with Crippen LogP contribution in [0.5, 0.6) is 0 Å². The first-order valence-electron chi connectivity index (χ1n) is 7.56. The van der Waals surface area contributed by atoms with Gasteiger partial charge in [0, 0.05) is 12.2 Å². The highest BCUT2D eigenvalue weighted by atomic mass is 32.2. The molecule has 1 aliphatic rings. The second-order valence-electron chi connectivity index (χ2n) is 5.09. The van der Waals surface area contributed by atoms with Crippen LogP contribution < -0.4 is 5.32 Å². The number of thioether (sulfide) groups is 1. The summed E-state index contributed by atoms with van der Waals surface area (Å²) in [5, 5.41) is 18.9. The number of nitrogens with zero attached hydrogens (tertiary/aromatic N) is 2. The van der Waals surface area contributed by atoms with Crippen molar-refractivity contribution in [3.8, 4) is 0 Å². The number of ether oxygens (including phenoxy) is 1. The van der Waals surface area contributed by atoms with Crippen LogP contribution >= 0.6 is 11.8 Å². The second kappa shape index (κ2) is 9.19. The molecule has 1 aromatic carbocycles. The molecule has 128 valence electrons. The average Bonchev–Trinajstić information content (AvgIpc) is 2.88. The van der Waals surface area contributed by atoms with Crippen LogP contribution in [0.25, 0.3) is 0 Å². The highest BCUT2D eigenvalue weighted by Gasteiger charge is 2.32. The number of carboxylic acid groups (broad SMARTS) is 1. The van der Waals surface area contributed by atoms with Crippen molar-refractivity contribution in [1.29, 1.82) is 0 Å². The maximum absolute atomic E-state index is 11.6. The highest BCUT2D eigenvalue weighted by molar-refractivity contribution is 8.15. The Hall–Kier alpha value is -2.19. The number of hydrogen-bond donors (Lipinski definition) is 2. The summed E-state index contributed by atoms with van der Waals surface area (Å²) in [4.78, 5) is 22.3. The fraction of sp³-hybridized carbons (Fsp3) is 0.375. The molecule has 7 nitrogen and oxygen atoms in total. The molecule has 1 atom stereocenters. The van der Waals surface area contributed by atoms with Crippen molar-refractivity contribution in [1.82, 2.24) is 5.32 Å². The van der Waals surface area contributed by atoms with Crippen LogP contribution in [0, 0.1) is 0 Å². The predicted octanol–water partition coefficient (Wildman–Crippen LogP) is 2.01. The van der Waals surface area contributed by atoms with Gasteiger partial charge in [-0.05, 0) is 12.0 Å². The first-order chi connectivity index (χ1) is 11.6. The number of benzene rings is 1. The van der Waals surface area contributed by atoms with Gasteiger partial charge in [0.25, 0.3) is 0 Å². The summed E-state index contributed by atoms with van der Waals surface area (Å²) < 4.78 is 5.54. The molecule has 1 unspecified atom stereocenters. The first-order valence-corrected chi connectivity index (χ1v) is 8.44. The van der Waals surface area contributed by atoms with Crippen LogP contribution in [-0.2, 0) is 20.9 Å². The van der Waals surface area contributed by atoms with Crippen LogP contribution in [0.2, 0.25) is 0 Å². The monoisotopic (exact) mass is 349 g/mol. The number of amidine groups is 1. The van der Waals surface area contributed by atoms with Gasteiger partial charge in [0.05, 0.1) is 19.2 Å². The van der Waals surface area contributed by atoms with E-state index in [1.54, 1.807) is 6.21 Å². The molecule has 2 N–H and O–H groups in total. The van der Waals surface area contributed by atoms with E-state index in [2.05, 4.69) is 22.4 Å². The quantitative estimate of drug-likeness (QED) is 0.425. The molecule has 1 aromatic rings. The topological polar surface area (TPSA) is 100 Å². The van der Waals surface area contributed by atoms with Crippen molar-refractivity contribution in [2.24, 2.45) is 10.2 Å². The number of amides is 1. The molecule has 1 fully saturated rings. The lowest BCUT2D eigenvalue weighted by Crippen LogP contribution is -2.26. The summed E-state index contributed by atoms with van der Waals surface area (Å²) in [5.41, 5.74) is 1.89. The Morgan fingerprint density at radius 1 is 1.46 bits per heavy atom. The fourth-order valence-corrected chi connectivity index (χ4v) is 2.92. The fourth-order valence-electron chi connectivity index (χ4n) is 2.01. The van der Waals surface area contributed by atoms with E-state index < -0.39 is 11.2 Å². The molecule has 0 saturated carbocycles. The molecule has 0 aromatic heterocycles. The number of hydrogen-bond acceptors (Lipinski definition) is 6. The number of carboxylic acids is 1. The Labute approximate surface area is 144 Å². The summed E-state index contributed by atoms with van der Waals surface area (Å²) in [7, 11) is 0. The smallest absolute Gasteiger partial charge is 0.305 e. The molecule has 0 spiro atoms. The van der Waals surface area contributed by atoms with Gasteiger partial charge in [-0.1, -0.05) is 43.0 Å². The maximum atomic E-state index is 11.6. The lowest BCUT2D eigenvalue weighted by atomic mass is 10.1. The Kier molecular flexibility index (Phi) is 6.95.